The monoisotopic (exact) mass is 228 g/mol. The first-order valence-corrected chi connectivity index (χ1v) is 6.80. The van der Waals surface area contributed by atoms with Crippen LogP contribution in [0.5, 0.6) is 0 Å². The quantitative estimate of drug-likeness (QED) is 0.642. The molecule has 0 spiro atoms. The highest BCUT2D eigenvalue weighted by atomic mass is 15.1. The number of rotatable bonds is 8. The highest BCUT2D eigenvalue weighted by Gasteiger charge is 2.23. The van der Waals surface area contributed by atoms with Gasteiger partial charge in [0.2, 0.25) is 0 Å². The van der Waals surface area contributed by atoms with Crippen molar-refractivity contribution >= 4 is 0 Å². The van der Waals surface area contributed by atoms with E-state index in [2.05, 4.69) is 51.9 Å². The van der Waals surface area contributed by atoms with E-state index < -0.39 is 0 Å². The first-order chi connectivity index (χ1) is 7.39. The lowest BCUT2D eigenvalue weighted by molar-refractivity contribution is 0.139. The first kappa shape index (κ1) is 15.9. The minimum absolute atomic E-state index is 0.384. The van der Waals surface area contributed by atoms with Crippen molar-refractivity contribution in [3.05, 3.63) is 0 Å². The molecular formula is C14H32N2. The molecule has 0 radical (unpaired) electrons. The summed E-state index contributed by atoms with van der Waals surface area (Å²) < 4.78 is 0. The molecule has 0 amide bonds. The molecule has 0 saturated carbocycles. The summed E-state index contributed by atoms with van der Waals surface area (Å²) in [7, 11) is 2.25. The van der Waals surface area contributed by atoms with Crippen LogP contribution in [0.3, 0.4) is 0 Å². The first-order valence-electron chi connectivity index (χ1n) is 6.80. The van der Waals surface area contributed by atoms with E-state index in [9.17, 15) is 0 Å². The summed E-state index contributed by atoms with van der Waals surface area (Å²) in [4.78, 5) is 2.49. The summed E-state index contributed by atoms with van der Waals surface area (Å²) in [5.41, 5.74) is 0.384. The lowest BCUT2D eigenvalue weighted by atomic mass is 9.87. The normalized spacial score (nSPS) is 14.4. The minimum atomic E-state index is 0.384. The van der Waals surface area contributed by atoms with E-state index in [1.807, 2.05) is 0 Å². The molecule has 2 heteroatoms. The largest absolute Gasteiger partial charge is 0.317 e. The zero-order valence-electron chi connectivity index (χ0n) is 12.3. The van der Waals surface area contributed by atoms with Crippen LogP contribution in [-0.4, -0.2) is 37.6 Å². The predicted molar refractivity (Wildman–Crippen MR) is 73.9 cm³/mol. The third kappa shape index (κ3) is 7.24. The molecule has 16 heavy (non-hydrogen) atoms. The van der Waals surface area contributed by atoms with Crippen molar-refractivity contribution in [2.75, 3.05) is 26.7 Å². The van der Waals surface area contributed by atoms with Gasteiger partial charge in [-0.2, -0.15) is 0 Å². The third-order valence-electron chi connectivity index (χ3n) is 3.46. The Bertz CT molecular complexity index is 161. The molecule has 0 aliphatic rings. The van der Waals surface area contributed by atoms with Crippen molar-refractivity contribution in [3.8, 4) is 0 Å². The molecule has 2 nitrogen and oxygen atoms in total. The van der Waals surface area contributed by atoms with Crippen molar-refractivity contribution < 1.29 is 0 Å². The molecule has 0 bridgehead atoms. The average Bonchev–Trinajstić information content (AvgIpc) is 2.20. The number of nitrogens with zero attached hydrogens (tertiary/aromatic N) is 1. The highest BCUT2D eigenvalue weighted by Crippen LogP contribution is 2.22. The molecule has 1 N–H and O–H groups in total. The molecule has 0 rings (SSSR count). The van der Waals surface area contributed by atoms with Crippen molar-refractivity contribution in [1.29, 1.82) is 0 Å². The fourth-order valence-electron chi connectivity index (χ4n) is 1.77. The summed E-state index contributed by atoms with van der Waals surface area (Å²) >= 11 is 0. The second-order valence-corrected chi connectivity index (χ2v) is 5.98. The van der Waals surface area contributed by atoms with Crippen LogP contribution < -0.4 is 5.32 Å². The Morgan fingerprint density at radius 2 is 1.75 bits per heavy atom. The smallest absolute Gasteiger partial charge is 0.0112 e. The molecule has 0 saturated heterocycles. The van der Waals surface area contributed by atoms with E-state index in [1.165, 1.54) is 32.4 Å². The van der Waals surface area contributed by atoms with Gasteiger partial charge in [-0.15, -0.1) is 0 Å². The van der Waals surface area contributed by atoms with E-state index in [4.69, 9.17) is 0 Å². The highest BCUT2D eigenvalue weighted by molar-refractivity contribution is 4.77. The van der Waals surface area contributed by atoms with Crippen molar-refractivity contribution in [1.82, 2.24) is 10.2 Å². The lowest BCUT2D eigenvalue weighted by Gasteiger charge is -2.35. The minimum Gasteiger partial charge on any atom is -0.317 e. The number of nitrogens with one attached hydrogen (secondary N) is 1. The van der Waals surface area contributed by atoms with Gasteiger partial charge in [0, 0.05) is 6.04 Å². The van der Waals surface area contributed by atoms with Crippen molar-refractivity contribution in [3.63, 3.8) is 0 Å². The zero-order chi connectivity index (χ0) is 12.6. The SMILES string of the molecule is CCCNCCCCN(C)C(C)C(C)(C)C. The van der Waals surface area contributed by atoms with Gasteiger partial charge in [-0.3, -0.25) is 0 Å². The van der Waals surface area contributed by atoms with E-state index in [-0.39, 0.29) is 0 Å². The van der Waals surface area contributed by atoms with Gasteiger partial charge in [0.15, 0.2) is 0 Å². The molecule has 0 aromatic rings. The Labute approximate surface area is 103 Å². The van der Waals surface area contributed by atoms with Crippen LogP contribution in [0.4, 0.5) is 0 Å². The predicted octanol–water partition coefficient (Wildman–Crippen LogP) is 3.13. The summed E-state index contributed by atoms with van der Waals surface area (Å²) in [5.74, 6) is 0. The van der Waals surface area contributed by atoms with Gasteiger partial charge in [0.1, 0.15) is 0 Å². The van der Waals surface area contributed by atoms with Crippen LogP contribution >= 0.6 is 0 Å². The van der Waals surface area contributed by atoms with Crippen LogP contribution in [0.2, 0.25) is 0 Å². The summed E-state index contributed by atoms with van der Waals surface area (Å²) in [6, 6.07) is 0.649. The van der Waals surface area contributed by atoms with Crippen molar-refractivity contribution in [2.45, 2.75) is 59.9 Å². The van der Waals surface area contributed by atoms with E-state index in [0.29, 0.717) is 11.5 Å². The summed E-state index contributed by atoms with van der Waals surface area (Å²) in [6.45, 7) is 15.0. The van der Waals surface area contributed by atoms with Gasteiger partial charge in [-0.1, -0.05) is 27.7 Å². The topological polar surface area (TPSA) is 15.3 Å². The van der Waals surface area contributed by atoms with Gasteiger partial charge in [-0.05, 0) is 58.3 Å². The standard InChI is InChI=1S/C14H32N2/c1-7-10-15-11-8-9-12-16(6)13(2)14(3,4)5/h13,15H,7-12H2,1-6H3. The summed E-state index contributed by atoms with van der Waals surface area (Å²) in [6.07, 6.45) is 3.83. The third-order valence-corrected chi connectivity index (χ3v) is 3.46. The van der Waals surface area contributed by atoms with Crippen LogP contribution in [-0.2, 0) is 0 Å². The van der Waals surface area contributed by atoms with Crippen LogP contribution in [0, 0.1) is 5.41 Å². The maximum Gasteiger partial charge on any atom is 0.0112 e. The molecule has 1 unspecified atom stereocenters. The Hall–Kier alpha value is -0.0800. The average molecular weight is 228 g/mol. The second-order valence-electron chi connectivity index (χ2n) is 5.98. The molecule has 0 aliphatic carbocycles. The van der Waals surface area contributed by atoms with Gasteiger partial charge in [0.25, 0.3) is 0 Å². The van der Waals surface area contributed by atoms with Crippen LogP contribution in [0.1, 0.15) is 53.9 Å². The Balaban J connectivity index is 3.54. The Morgan fingerprint density at radius 1 is 1.12 bits per heavy atom. The summed E-state index contributed by atoms with van der Waals surface area (Å²) in [5, 5.41) is 3.45. The maximum atomic E-state index is 3.45. The molecule has 1 atom stereocenters. The molecule has 0 aromatic carbocycles. The van der Waals surface area contributed by atoms with E-state index >= 15 is 0 Å². The number of hydrogen-bond donors (Lipinski definition) is 1. The lowest BCUT2D eigenvalue weighted by Crippen LogP contribution is -2.39. The Kier molecular flexibility index (Phi) is 8.04. The van der Waals surface area contributed by atoms with E-state index in [1.54, 1.807) is 0 Å². The molecule has 0 fully saturated rings. The molecule has 0 heterocycles. The number of hydrogen-bond acceptors (Lipinski definition) is 2. The molecule has 98 valence electrons. The Morgan fingerprint density at radius 3 is 2.25 bits per heavy atom. The van der Waals surface area contributed by atoms with Gasteiger partial charge in [-0.25, -0.2) is 0 Å². The van der Waals surface area contributed by atoms with Crippen LogP contribution in [0.25, 0.3) is 0 Å². The second kappa shape index (κ2) is 8.08. The van der Waals surface area contributed by atoms with Gasteiger partial charge >= 0.3 is 0 Å². The fourth-order valence-corrected chi connectivity index (χ4v) is 1.77. The molecule has 0 aliphatic heterocycles. The van der Waals surface area contributed by atoms with Gasteiger partial charge in [0.05, 0.1) is 0 Å². The zero-order valence-corrected chi connectivity index (χ0v) is 12.3. The number of unbranched alkanes of at least 4 members (excludes halogenated alkanes) is 1. The maximum absolute atomic E-state index is 3.45. The molecular weight excluding hydrogens is 196 g/mol. The fraction of sp³-hybridized carbons (Fsp3) is 1.00. The molecule has 0 aromatic heterocycles. The van der Waals surface area contributed by atoms with Crippen molar-refractivity contribution in [2.24, 2.45) is 5.41 Å². The van der Waals surface area contributed by atoms with Crippen LogP contribution in [0.15, 0.2) is 0 Å². The van der Waals surface area contributed by atoms with E-state index in [0.717, 1.165) is 6.54 Å². The van der Waals surface area contributed by atoms with Gasteiger partial charge < -0.3 is 10.2 Å².